The van der Waals surface area contributed by atoms with Gasteiger partial charge in [0.2, 0.25) is 0 Å². The highest BCUT2D eigenvalue weighted by molar-refractivity contribution is 6.30. The van der Waals surface area contributed by atoms with Crippen LogP contribution in [-0.4, -0.2) is 54.9 Å². The van der Waals surface area contributed by atoms with E-state index in [0.29, 0.717) is 36.3 Å². The van der Waals surface area contributed by atoms with E-state index in [1.165, 1.54) is 36.4 Å². The van der Waals surface area contributed by atoms with E-state index in [1.807, 2.05) is 13.0 Å². The second kappa shape index (κ2) is 12.3. The van der Waals surface area contributed by atoms with Gasteiger partial charge in [-0.3, -0.25) is 9.69 Å². The highest BCUT2D eigenvalue weighted by Gasteiger charge is 2.55. The van der Waals surface area contributed by atoms with Crippen LogP contribution in [0.5, 0.6) is 0 Å². The Morgan fingerprint density at radius 2 is 1.86 bits per heavy atom. The fourth-order valence-electron chi connectivity index (χ4n) is 6.34. The van der Waals surface area contributed by atoms with Gasteiger partial charge in [-0.05, 0) is 74.8 Å². The molecule has 0 saturated heterocycles. The molecule has 1 saturated carbocycles. The standard InChI is InChI=1S/C32H34ClFN4O5/c1-3-31(42,21-6-10-25(40)11-7-21)23-12-26-29(27(34)13-23)32(43-18-19(2)39,22-4-8-24(33)9-5-22)38(30(26)41)17-28-36-15-20(14-35)16-37-28/h4-5,8-9,12-13,15-16,19,21,25,39-40,42H,3,6-7,10-11,17-18H2,1-2H3/t19-,21-,25-,31?,32-/m1/s1. The van der Waals surface area contributed by atoms with E-state index in [2.05, 4.69) is 9.97 Å². The second-order valence-corrected chi connectivity index (χ2v) is 11.8. The molecule has 3 N–H and O–H groups in total. The maximum atomic E-state index is 16.6. The lowest BCUT2D eigenvalue weighted by Gasteiger charge is -2.40. The Morgan fingerprint density at radius 3 is 2.44 bits per heavy atom. The number of nitriles is 1. The van der Waals surface area contributed by atoms with Gasteiger partial charge in [0.05, 0.1) is 47.7 Å². The topological polar surface area (TPSA) is 140 Å². The average molecular weight is 609 g/mol. The molecular formula is C32H34ClFN4O5. The van der Waals surface area contributed by atoms with Gasteiger partial charge in [0, 0.05) is 23.0 Å². The first kappa shape index (κ1) is 31.0. The maximum absolute atomic E-state index is 16.6. The van der Waals surface area contributed by atoms with Gasteiger partial charge in [0.25, 0.3) is 5.91 Å². The Morgan fingerprint density at radius 1 is 1.21 bits per heavy atom. The molecule has 11 heteroatoms. The van der Waals surface area contributed by atoms with Crippen molar-refractivity contribution >= 4 is 17.5 Å². The van der Waals surface area contributed by atoms with E-state index in [4.69, 9.17) is 16.3 Å². The van der Waals surface area contributed by atoms with Crippen LogP contribution < -0.4 is 0 Å². The molecule has 1 fully saturated rings. The van der Waals surface area contributed by atoms with E-state index in [0.717, 1.165) is 0 Å². The zero-order valence-corrected chi connectivity index (χ0v) is 24.8. The van der Waals surface area contributed by atoms with Crippen LogP contribution in [0, 0.1) is 23.1 Å². The van der Waals surface area contributed by atoms with Crippen LogP contribution in [0.4, 0.5) is 4.39 Å². The number of rotatable bonds is 9. The molecule has 1 amide bonds. The summed E-state index contributed by atoms with van der Waals surface area (Å²) in [6, 6.07) is 11.2. The lowest BCUT2D eigenvalue weighted by molar-refractivity contribution is -0.132. The van der Waals surface area contributed by atoms with Crippen LogP contribution in [-0.2, 0) is 22.6 Å². The minimum Gasteiger partial charge on any atom is -0.393 e. The molecular weight excluding hydrogens is 575 g/mol. The molecule has 1 aliphatic heterocycles. The number of amides is 1. The Bertz CT molecular complexity index is 1520. The number of carbonyl (C=O) groups is 1. The zero-order valence-electron chi connectivity index (χ0n) is 24.0. The van der Waals surface area contributed by atoms with Crippen LogP contribution >= 0.6 is 11.6 Å². The summed E-state index contributed by atoms with van der Waals surface area (Å²) >= 11 is 6.19. The third-order valence-corrected chi connectivity index (χ3v) is 8.85. The van der Waals surface area contributed by atoms with Gasteiger partial charge in [0.1, 0.15) is 17.7 Å². The Kier molecular flexibility index (Phi) is 8.84. The molecule has 1 unspecified atom stereocenters. The van der Waals surface area contributed by atoms with Crippen LogP contribution in [0.1, 0.15) is 84.4 Å². The smallest absolute Gasteiger partial charge is 0.257 e. The number of carbonyl (C=O) groups excluding carboxylic acids is 1. The number of ether oxygens (including phenoxy) is 1. The molecule has 1 aliphatic carbocycles. The predicted octanol–water partition coefficient (Wildman–Crippen LogP) is 4.54. The number of nitrogens with zero attached hydrogens (tertiary/aromatic N) is 4. The number of aliphatic hydroxyl groups excluding tert-OH is 2. The van der Waals surface area contributed by atoms with Gasteiger partial charge in [0.15, 0.2) is 5.72 Å². The first-order chi connectivity index (χ1) is 20.5. The lowest BCUT2D eigenvalue weighted by Crippen LogP contribution is -2.48. The largest absolute Gasteiger partial charge is 0.393 e. The number of aliphatic hydroxyl groups is 3. The number of halogens is 2. The average Bonchev–Trinajstić information content (AvgIpc) is 3.24. The van der Waals surface area contributed by atoms with Crippen molar-refractivity contribution in [1.29, 1.82) is 5.26 Å². The third-order valence-electron chi connectivity index (χ3n) is 8.60. The molecule has 1 aromatic heterocycles. The van der Waals surface area contributed by atoms with Crippen molar-refractivity contribution in [3.8, 4) is 6.07 Å². The van der Waals surface area contributed by atoms with Crippen molar-refractivity contribution in [3.05, 3.63) is 93.3 Å². The quantitative estimate of drug-likeness (QED) is 0.322. The Balaban J connectivity index is 1.70. The van der Waals surface area contributed by atoms with Crippen LogP contribution in [0.3, 0.4) is 0 Å². The summed E-state index contributed by atoms with van der Waals surface area (Å²) in [6.07, 6.45) is 3.75. The van der Waals surface area contributed by atoms with Crippen molar-refractivity contribution in [2.45, 2.75) is 76.0 Å². The molecule has 9 nitrogen and oxygen atoms in total. The second-order valence-electron chi connectivity index (χ2n) is 11.4. The van der Waals surface area contributed by atoms with Gasteiger partial charge in [-0.25, -0.2) is 14.4 Å². The van der Waals surface area contributed by atoms with E-state index < -0.39 is 35.3 Å². The SMILES string of the molecule is CCC(O)(c1cc(F)c2c(c1)C(=O)N(Cc1ncc(C#N)cn1)[C@@]2(OC[C@@H](C)O)c1ccc(Cl)cc1)[C@H]1CC[C@H](O)CC1. The predicted molar refractivity (Wildman–Crippen MR) is 155 cm³/mol. The first-order valence-corrected chi connectivity index (χ1v) is 14.8. The molecule has 0 bridgehead atoms. The summed E-state index contributed by atoms with van der Waals surface area (Å²) in [7, 11) is 0. The third kappa shape index (κ3) is 5.64. The summed E-state index contributed by atoms with van der Waals surface area (Å²) in [4.78, 5) is 24.1. The minimum absolute atomic E-state index is 0.00640. The number of aromatic nitrogens is 2. The van der Waals surface area contributed by atoms with Gasteiger partial charge in [-0.2, -0.15) is 5.26 Å². The van der Waals surface area contributed by atoms with Gasteiger partial charge in [-0.1, -0.05) is 30.7 Å². The first-order valence-electron chi connectivity index (χ1n) is 14.4. The molecule has 226 valence electrons. The van der Waals surface area contributed by atoms with Gasteiger partial charge < -0.3 is 20.1 Å². The van der Waals surface area contributed by atoms with Crippen molar-refractivity contribution in [2.75, 3.05) is 6.61 Å². The molecule has 43 heavy (non-hydrogen) atoms. The summed E-state index contributed by atoms with van der Waals surface area (Å²) in [5.74, 6) is -1.38. The number of hydrogen-bond donors (Lipinski definition) is 3. The van der Waals surface area contributed by atoms with Crippen molar-refractivity contribution < 1.29 is 29.2 Å². The molecule has 2 aromatic carbocycles. The van der Waals surface area contributed by atoms with Crippen LogP contribution in [0.2, 0.25) is 5.02 Å². The number of hydrogen-bond acceptors (Lipinski definition) is 8. The summed E-state index contributed by atoms with van der Waals surface area (Å²) in [6.45, 7) is 2.87. The lowest BCUT2D eigenvalue weighted by atomic mass is 9.71. The van der Waals surface area contributed by atoms with Crippen molar-refractivity contribution in [1.82, 2.24) is 14.9 Å². The molecule has 3 aromatic rings. The van der Waals surface area contributed by atoms with E-state index in [9.17, 15) is 25.4 Å². The molecule has 5 rings (SSSR count). The van der Waals surface area contributed by atoms with E-state index >= 15 is 4.39 Å². The molecule has 2 heterocycles. The Labute approximate surface area is 254 Å². The number of fused-ring (bicyclic) bond motifs is 1. The van der Waals surface area contributed by atoms with E-state index in [-0.39, 0.29) is 53.6 Å². The van der Waals surface area contributed by atoms with Crippen molar-refractivity contribution in [2.24, 2.45) is 5.92 Å². The summed E-state index contributed by atoms with van der Waals surface area (Å²) in [5.41, 5.74) is -2.42. The highest BCUT2D eigenvalue weighted by Crippen LogP contribution is 2.50. The van der Waals surface area contributed by atoms with Crippen LogP contribution in [0.25, 0.3) is 0 Å². The molecule has 0 spiro atoms. The molecule has 0 radical (unpaired) electrons. The molecule has 3 atom stereocenters. The fourth-order valence-corrected chi connectivity index (χ4v) is 6.47. The monoisotopic (exact) mass is 608 g/mol. The minimum atomic E-state index is -1.84. The number of benzene rings is 2. The summed E-state index contributed by atoms with van der Waals surface area (Å²) < 4.78 is 23.0. The fraction of sp³-hybridized carbons (Fsp3) is 0.438. The highest BCUT2D eigenvalue weighted by atomic mass is 35.5. The van der Waals surface area contributed by atoms with Crippen LogP contribution in [0.15, 0.2) is 48.8 Å². The maximum Gasteiger partial charge on any atom is 0.257 e. The van der Waals surface area contributed by atoms with Gasteiger partial charge >= 0.3 is 0 Å². The van der Waals surface area contributed by atoms with Gasteiger partial charge in [-0.15, -0.1) is 0 Å². The molecule has 2 aliphatic rings. The Hall–Kier alpha value is -3.46. The normalized spacial score (nSPS) is 23.9. The van der Waals surface area contributed by atoms with Crippen molar-refractivity contribution in [3.63, 3.8) is 0 Å². The summed E-state index contributed by atoms with van der Waals surface area (Å²) in [5, 5.41) is 41.8. The zero-order chi connectivity index (χ0) is 30.9. The van der Waals surface area contributed by atoms with E-state index in [1.54, 1.807) is 24.3 Å².